The number of halogens is 2. The van der Waals surface area contributed by atoms with Crippen molar-refractivity contribution in [3.05, 3.63) is 86.4 Å². The van der Waals surface area contributed by atoms with Crippen molar-refractivity contribution in [3.63, 3.8) is 0 Å². The molecule has 0 aromatic heterocycles. The molecule has 3 rings (SSSR count). The van der Waals surface area contributed by atoms with E-state index in [-0.39, 0.29) is 16.3 Å². The number of nitro benzene ring substituents is 1. The number of para-hydroxylation sites is 2. The molecule has 0 atom stereocenters. The Balaban J connectivity index is 2.04. The first-order chi connectivity index (χ1) is 15.1. The summed E-state index contributed by atoms with van der Waals surface area (Å²) in [6, 6.07) is 13.9. The maximum atomic E-state index is 12.9. The molecule has 0 aliphatic carbocycles. The standard InChI is InChI=1S/C20H15Cl2N3O6S/c1-31-18-5-3-2-4-16(18)23-20(26)14-10-19(17(25(27)28)11-15(14)22)32(29,30)24-13-8-6-12(21)7-9-13/h2-11,24H,1H3,(H,23,26). The minimum atomic E-state index is -4.46. The van der Waals surface area contributed by atoms with E-state index in [9.17, 15) is 23.3 Å². The molecule has 0 saturated carbocycles. The minimum absolute atomic E-state index is 0.124. The molecule has 0 radical (unpaired) electrons. The fraction of sp³-hybridized carbons (Fsp3) is 0.0500. The van der Waals surface area contributed by atoms with Crippen molar-refractivity contribution in [2.24, 2.45) is 0 Å². The Morgan fingerprint density at radius 3 is 2.34 bits per heavy atom. The monoisotopic (exact) mass is 495 g/mol. The maximum absolute atomic E-state index is 12.9. The molecule has 0 bridgehead atoms. The van der Waals surface area contributed by atoms with Gasteiger partial charge in [0.25, 0.3) is 21.6 Å². The van der Waals surface area contributed by atoms with E-state index < -0.39 is 31.4 Å². The molecule has 3 aromatic carbocycles. The zero-order valence-corrected chi connectivity index (χ0v) is 18.7. The number of sulfonamides is 1. The molecule has 0 aliphatic rings. The van der Waals surface area contributed by atoms with Crippen LogP contribution in [0.15, 0.2) is 65.6 Å². The highest BCUT2D eigenvalue weighted by Crippen LogP contribution is 2.33. The molecular formula is C20H15Cl2N3O6S. The van der Waals surface area contributed by atoms with Crippen molar-refractivity contribution < 1.29 is 22.9 Å². The van der Waals surface area contributed by atoms with Crippen molar-refractivity contribution in [1.82, 2.24) is 0 Å². The summed E-state index contributed by atoms with van der Waals surface area (Å²) >= 11 is 11.9. The summed E-state index contributed by atoms with van der Waals surface area (Å²) in [5.74, 6) is -0.423. The zero-order valence-electron chi connectivity index (χ0n) is 16.3. The number of nitrogens with one attached hydrogen (secondary N) is 2. The number of carbonyl (C=O) groups is 1. The van der Waals surface area contributed by atoms with Gasteiger partial charge < -0.3 is 10.1 Å². The van der Waals surface area contributed by atoms with Gasteiger partial charge in [0.05, 0.1) is 28.3 Å². The summed E-state index contributed by atoms with van der Waals surface area (Å²) in [5.41, 5.74) is -0.637. The summed E-state index contributed by atoms with van der Waals surface area (Å²) in [7, 11) is -3.04. The number of hydrogen-bond acceptors (Lipinski definition) is 6. The van der Waals surface area contributed by atoms with Crippen LogP contribution < -0.4 is 14.8 Å². The molecular weight excluding hydrogens is 481 g/mol. The molecule has 0 saturated heterocycles. The van der Waals surface area contributed by atoms with Crippen LogP contribution in [-0.4, -0.2) is 26.4 Å². The number of benzene rings is 3. The van der Waals surface area contributed by atoms with Gasteiger partial charge >= 0.3 is 0 Å². The normalized spacial score (nSPS) is 11.0. The Morgan fingerprint density at radius 1 is 1.06 bits per heavy atom. The van der Waals surface area contributed by atoms with Crippen LogP contribution in [0, 0.1) is 10.1 Å². The predicted molar refractivity (Wildman–Crippen MR) is 121 cm³/mol. The number of carbonyl (C=O) groups excluding carboxylic acids is 1. The van der Waals surface area contributed by atoms with Gasteiger partial charge in [-0.3, -0.25) is 19.6 Å². The number of amides is 1. The molecule has 32 heavy (non-hydrogen) atoms. The third-order valence-electron chi connectivity index (χ3n) is 4.23. The lowest BCUT2D eigenvalue weighted by molar-refractivity contribution is -0.387. The smallest absolute Gasteiger partial charge is 0.291 e. The zero-order chi connectivity index (χ0) is 23.5. The SMILES string of the molecule is COc1ccccc1NC(=O)c1cc(S(=O)(=O)Nc2ccc(Cl)cc2)c([N+](=O)[O-])cc1Cl. The predicted octanol–water partition coefficient (Wildman–Crippen LogP) is 4.96. The van der Waals surface area contributed by atoms with Crippen LogP contribution in [0.5, 0.6) is 5.75 Å². The molecule has 0 spiro atoms. The highest BCUT2D eigenvalue weighted by atomic mass is 35.5. The van der Waals surface area contributed by atoms with Gasteiger partial charge in [-0.15, -0.1) is 0 Å². The second-order valence-electron chi connectivity index (χ2n) is 6.32. The van der Waals surface area contributed by atoms with Gasteiger partial charge in [0, 0.05) is 16.8 Å². The number of ether oxygens (including phenoxy) is 1. The molecule has 1 amide bonds. The molecule has 3 aromatic rings. The lowest BCUT2D eigenvalue weighted by Gasteiger charge is -2.13. The number of rotatable bonds is 7. The average molecular weight is 496 g/mol. The van der Waals surface area contributed by atoms with Crippen LogP contribution in [0.25, 0.3) is 0 Å². The number of nitro groups is 1. The first-order valence-electron chi connectivity index (χ1n) is 8.83. The third kappa shape index (κ3) is 5.10. The number of methoxy groups -OCH3 is 1. The maximum Gasteiger partial charge on any atom is 0.291 e. The average Bonchev–Trinajstić information content (AvgIpc) is 2.75. The molecule has 0 aliphatic heterocycles. The van der Waals surface area contributed by atoms with E-state index in [1.807, 2.05) is 0 Å². The Bertz CT molecular complexity index is 1300. The van der Waals surface area contributed by atoms with E-state index in [0.29, 0.717) is 16.5 Å². The Morgan fingerprint density at radius 2 is 1.72 bits per heavy atom. The Labute approximate surface area is 193 Å². The fourth-order valence-electron chi connectivity index (χ4n) is 2.74. The van der Waals surface area contributed by atoms with E-state index in [1.54, 1.807) is 24.3 Å². The van der Waals surface area contributed by atoms with Crippen LogP contribution in [0.2, 0.25) is 10.0 Å². The second kappa shape index (κ2) is 9.43. The minimum Gasteiger partial charge on any atom is -0.495 e. The second-order valence-corrected chi connectivity index (χ2v) is 8.82. The molecule has 166 valence electrons. The van der Waals surface area contributed by atoms with Crippen molar-refractivity contribution in [2.75, 3.05) is 17.1 Å². The van der Waals surface area contributed by atoms with Crippen molar-refractivity contribution in [3.8, 4) is 5.75 Å². The molecule has 12 heteroatoms. The fourth-order valence-corrected chi connectivity index (χ4v) is 4.35. The summed E-state index contributed by atoms with van der Waals surface area (Å²) < 4.78 is 33.2. The quantitative estimate of drug-likeness (QED) is 0.352. The van der Waals surface area contributed by atoms with E-state index in [4.69, 9.17) is 27.9 Å². The molecule has 2 N–H and O–H groups in total. The molecule has 0 unspecified atom stereocenters. The summed E-state index contributed by atoms with van der Waals surface area (Å²) in [6.45, 7) is 0. The highest BCUT2D eigenvalue weighted by Gasteiger charge is 2.30. The first kappa shape index (κ1) is 23.3. The van der Waals surface area contributed by atoms with Gasteiger partial charge in [0.2, 0.25) is 0 Å². The van der Waals surface area contributed by atoms with E-state index in [1.165, 1.54) is 31.4 Å². The van der Waals surface area contributed by atoms with Crippen LogP contribution in [0.3, 0.4) is 0 Å². The topological polar surface area (TPSA) is 128 Å². The van der Waals surface area contributed by atoms with Crippen molar-refractivity contribution in [1.29, 1.82) is 0 Å². The van der Waals surface area contributed by atoms with E-state index in [0.717, 1.165) is 12.1 Å². The first-order valence-corrected chi connectivity index (χ1v) is 11.1. The molecule has 9 nitrogen and oxygen atoms in total. The molecule has 0 fully saturated rings. The van der Waals surface area contributed by atoms with Crippen LogP contribution in [-0.2, 0) is 10.0 Å². The largest absolute Gasteiger partial charge is 0.495 e. The number of hydrogen-bond donors (Lipinski definition) is 2. The summed E-state index contributed by atoms with van der Waals surface area (Å²) in [6.07, 6.45) is 0. The van der Waals surface area contributed by atoms with Crippen molar-refractivity contribution >= 4 is 56.2 Å². The Hall–Kier alpha value is -3.34. The highest BCUT2D eigenvalue weighted by molar-refractivity contribution is 7.92. The van der Waals surface area contributed by atoms with Gasteiger partial charge in [0.15, 0.2) is 4.90 Å². The summed E-state index contributed by atoms with van der Waals surface area (Å²) in [5, 5.41) is 14.1. The van der Waals surface area contributed by atoms with E-state index in [2.05, 4.69) is 10.0 Å². The van der Waals surface area contributed by atoms with Gasteiger partial charge in [0.1, 0.15) is 5.75 Å². The lowest BCUT2D eigenvalue weighted by atomic mass is 10.1. The van der Waals surface area contributed by atoms with Gasteiger partial charge in [-0.1, -0.05) is 35.3 Å². The summed E-state index contributed by atoms with van der Waals surface area (Å²) in [4.78, 5) is 22.7. The van der Waals surface area contributed by atoms with Crippen LogP contribution in [0.1, 0.15) is 10.4 Å². The van der Waals surface area contributed by atoms with Gasteiger partial charge in [-0.2, -0.15) is 0 Å². The third-order valence-corrected chi connectivity index (χ3v) is 6.21. The number of nitrogens with zero attached hydrogens (tertiary/aromatic N) is 1. The molecule has 0 heterocycles. The van der Waals surface area contributed by atoms with Crippen LogP contribution >= 0.6 is 23.2 Å². The Kier molecular flexibility index (Phi) is 6.87. The van der Waals surface area contributed by atoms with Gasteiger partial charge in [-0.05, 0) is 42.5 Å². The number of anilines is 2. The van der Waals surface area contributed by atoms with Crippen molar-refractivity contribution in [2.45, 2.75) is 4.90 Å². The van der Waals surface area contributed by atoms with Gasteiger partial charge in [-0.25, -0.2) is 8.42 Å². The lowest BCUT2D eigenvalue weighted by Crippen LogP contribution is -2.18. The van der Waals surface area contributed by atoms with Crippen LogP contribution in [0.4, 0.5) is 17.1 Å². The van der Waals surface area contributed by atoms with E-state index >= 15 is 0 Å².